The first-order chi connectivity index (χ1) is 10.7. The predicted octanol–water partition coefficient (Wildman–Crippen LogP) is 1.86. The number of carbonyl (C=O) groups is 1. The molecule has 1 saturated heterocycles. The van der Waals surface area contributed by atoms with Crippen LogP contribution in [-0.4, -0.2) is 45.0 Å². The normalized spacial score (nSPS) is 15.6. The van der Waals surface area contributed by atoms with Gasteiger partial charge >= 0.3 is 0 Å². The highest BCUT2D eigenvalue weighted by molar-refractivity contribution is 5.93. The van der Waals surface area contributed by atoms with Crippen LogP contribution in [0, 0.1) is 6.92 Å². The molecule has 1 amide bonds. The molecule has 0 saturated carbocycles. The van der Waals surface area contributed by atoms with E-state index in [1.807, 2.05) is 11.8 Å². The topological polar surface area (TPSA) is 68.2 Å². The Labute approximate surface area is 129 Å². The number of hydrogen-bond donors (Lipinski definition) is 0. The average molecular weight is 298 g/mol. The Morgan fingerprint density at radius 3 is 2.77 bits per heavy atom. The lowest BCUT2D eigenvalue weighted by Crippen LogP contribution is -2.41. The molecule has 0 spiro atoms. The van der Waals surface area contributed by atoms with Gasteiger partial charge in [0, 0.05) is 50.6 Å². The molecule has 1 fully saturated rings. The van der Waals surface area contributed by atoms with Crippen molar-refractivity contribution in [2.45, 2.75) is 25.9 Å². The molecule has 22 heavy (non-hydrogen) atoms. The Kier molecular flexibility index (Phi) is 4.27. The summed E-state index contributed by atoms with van der Waals surface area (Å²) >= 11 is 0. The summed E-state index contributed by atoms with van der Waals surface area (Å²) in [5.74, 6) is 1.33. The Morgan fingerprint density at radius 2 is 2.09 bits per heavy atom. The monoisotopic (exact) mass is 298 g/mol. The van der Waals surface area contributed by atoms with Crippen molar-refractivity contribution in [1.29, 1.82) is 0 Å². The van der Waals surface area contributed by atoms with E-state index in [1.165, 1.54) is 0 Å². The molecule has 0 unspecified atom stereocenters. The lowest BCUT2D eigenvalue weighted by molar-refractivity contribution is 0.0587. The van der Waals surface area contributed by atoms with E-state index in [0.29, 0.717) is 30.4 Å². The standard InChI is InChI=1S/C16H18N4O2/c1-12-18-8-4-15(19-12)22-14-5-9-20(10-6-14)16(21)13-3-2-7-17-11-13/h2-4,7-8,11,14H,5-6,9-10H2,1H3. The predicted molar refractivity (Wildman–Crippen MR) is 80.6 cm³/mol. The Hall–Kier alpha value is -2.50. The first kappa shape index (κ1) is 14.4. The number of aromatic nitrogens is 3. The van der Waals surface area contributed by atoms with Gasteiger partial charge in [-0.15, -0.1) is 0 Å². The number of rotatable bonds is 3. The summed E-state index contributed by atoms with van der Waals surface area (Å²) in [6.07, 6.45) is 6.66. The molecule has 1 aliphatic rings. The fraction of sp³-hybridized carbons (Fsp3) is 0.375. The van der Waals surface area contributed by atoms with Crippen LogP contribution in [0.2, 0.25) is 0 Å². The third-order valence-electron chi connectivity index (χ3n) is 3.68. The minimum absolute atomic E-state index is 0.0319. The lowest BCUT2D eigenvalue weighted by Gasteiger charge is -2.31. The van der Waals surface area contributed by atoms with Crippen molar-refractivity contribution in [1.82, 2.24) is 19.9 Å². The van der Waals surface area contributed by atoms with E-state index in [9.17, 15) is 4.79 Å². The number of carbonyl (C=O) groups excluding carboxylic acids is 1. The van der Waals surface area contributed by atoms with Crippen LogP contribution >= 0.6 is 0 Å². The number of pyridine rings is 1. The van der Waals surface area contributed by atoms with Crippen LogP contribution in [0.15, 0.2) is 36.8 Å². The van der Waals surface area contributed by atoms with Crippen molar-refractivity contribution in [3.8, 4) is 5.88 Å². The van der Waals surface area contributed by atoms with Crippen LogP contribution in [0.1, 0.15) is 29.0 Å². The van der Waals surface area contributed by atoms with Gasteiger partial charge in [-0.25, -0.2) is 4.98 Å². The van der Waals surface area contributed by atoms with E-state index in [1.54, 1.807) is 36.8 Å². The zero-order valence-electron chi connectivity index (χ0n) is 12.5. The third kappa shape index (κ3) is 3.39. The first-order valence-corrected chi connectivity index (χ1v) is 7.38. The summed E-state index contributed by atoms with van der Waals surface area (Å²) in [7, 11) is 0. The smallest absolute Gasteiger partial charge is 0.255 e. The highest BCUT2D eigenvalue weighted by Crippen LogP contribution is 2.18. The first-order valence-electron chi connectivity index (χ1n) is 7.38. The summed E-state index contributed by atoms with van der Waals surface area (Å²) in [4.78, 5) is 26.5. The highest BCUT2D eigenvalue weighted by Gasteiger charge is 2.25. The number of amides is 1. The van der Waals surface area contributed by atoms with Crippen LogP contribution < -0.4 is 4.74 Å². The average Bonchev–Trinajstić information content (AvgIpc) is 2.56. The number of aryl methyl sites for hydroxylation is 1. The van der Waals surface area contributed by atoms with Gasteiger partial charge in [-0.2, -0.15) is 4.98 Å². The second kappa shape index (κ2) is 6.51. The van der Waals surface area contributed by atoms with Gasteiger partial charge in [0.2, 0.25) is 5.88 Å². The largest absolute Gasteiger partial charge is 0.474 e. The molecule has 1 aliphatic heterocycles. The van der Waals surface area contributed by atoms with Crippen molar-refractivity contribution in [3.63, 3.8) is 0 Å². The van der Waals surface area contributed by atoms with Crippen LogP contribution in [0.25, 0.3) is 0 Å². The molecule has 6 heteroatoms. The molecule has 114 valence electrons. The molecule has 2 aromatic heterocycles. The van der Waals surface area contributed by atoms with E-state index >= 15 is 0 Å². The molecule has 0 atom stereocenters. The number of nitrogens with zero attached hydrogens (tertiary/aromatic N) is 4. The maximum Gasteiger partial charge on any atom is 0.255 e. The van der Waals surface area contributed by atoms with Gasteiger partial charge in [0.15, 0.2) is 0 Å². The van der Waals surface area contributed by atoms with Crippen LogP contribution in [0.5, 0.6) is 5.88 Å². The highest BCUT2D eigenvalue weighted by atomic mass is 16.5. The molecule has 3 rings (SSSR count). The van der Waals surface area contributed by atoms with Crippen molar-refractivity contribution in [2.24, 2.45) is 0 Å². The van der Waals surface area contributed by atoms with Crippen molar-refractivity contribution >= 4 is 5.91 Å². The zero-order valence-corrected chi connectivity index (χ0v) is 12.5. The van der Waals surface area contributed by atoms with E-state index in [0.717, 1.165) is 12.8 Å². The molecule has 0 aromatic carbocycles. The zero-order chi connectivity index (χ0) is 15.4. The van der Waals surface area contributed by atoms with Gasteiger partial charge in [0.25, 0.3) is 5.91 Å². The van der Waals surface area contributed by atoms with Crippen molar-refractivity contribution in [2.75, 3.05) is 13.1 Å². The van der Waals surface area contributed by atoms with Gasteiger partial charge in [0.05, 0.1) is 5.56 Å². The summed E-state index contributed by atoms with van der Waals surface area (Å²) in [6, 6.07) is 5.34. The second-order valence-corrected chi connectivity index (χ2v) is 5.29. The molecule has 3 heterocycles. The van der Waals surface area contributed by atoms with E-state index in [-0.39, 0.29) is 12.0 Å². The van der Waals surface area contributed by atoms with Crippen molar-refractivity contribution in [3.05, 3.63) is 48.2 Å². The Bertz CT molecular complexity index is 640. The fourth-order valence-corrected chi connectivity index (χ4v) is 2.52. The fourth-order valence-electron chi connectivity index (χ4n) is 2.52. The molecular weight excluding hydrogens is 280 g/mol. The van der Waals surface area contributed by atoms with Gasteiger partial charge < -0.3 is 9.64 Å². The quantitative estimate of drug-likeness (QED) is 0.865. The number of likely N-dealkylation sites (tertiary alicyclic amines) is 1. The van der Waals surface area contributed by atoms with Crippen LogP contribution in [0.4, 0.5) is 0 Å². The minimum Gasteiger partial charge on any atom is -0.474 e. The minimum atomic E-state index is 0.0319. The lowest BCUT2D eigenvalue weighted by atomic mass is 10.1. The van der Waals surface area contributed by atoms with Gasteiger partial charge in [-0.05, 0) is 19.1 Å². The second-order valence-electron chi connectivity index (χ2n) is 5.29. The molecule has 0 bridgehead atoms. The molecule has 0 N–H and O–H groups in total. The summed E-state index contributed by atoms with van der Waals surface area (Å²) < 4.78 is 5.87. The molecule has 0 radical (unpaired) electrons. The molecule has 0 aliphatic carbocycles. The van der Waals surface area contributed by atoms with Crippen LogP contribution in [0.3, 0.4) is 0 Å². The number of hydrogen-bond acceptors (Lipinski definition) is 5. The maximum absolute atomic E-state index is 12.3. The van der Waals surface area contributed by atoms with Crippen LogP contribution in [-0.2, 0) is 0 Å². The van der Waals surface area contributed by atoms with E-state index in [2.05, 4.69) is 15.0 Å². The summed E-state index contributed by atoms with van der Waals surface area (Å²) in [5.41, 5.74) is 0.633. The Morgan fingerprint density at radius 1 is 1.27 bits per heavy atom. The van der Waals surface area contributed by atoms with Gasteiger partial charge in [-0.1, -0.05) is 0 Å². The maximum atomic E-state index is 12.3. The molecule has 6 nitrogen and oxygen atoms in total. The summed E-state index contributed by atoms with van der Waals surface area (Å²) in [6.45, 7) is 3.20. The van der Waals surface area contributed by atoms with E-state index < -0.39 is 0 Å². The van der Waals surface area contributed by atoms with Crippen molar-refractivity contribution < 1.29 is 9.53 Å². The van der Waals surface area contributed by atoms with Gasteiger partial charge in [-0.3, -0.25) is 9.78 Å². The molecular formula is C16H18N4O2. The molecule has 2 aromatic rings. The third-order valence-corrected chi connectivity index (χ3v) is 3.68. The number of piperidine rings is 1. The summed E-state index contributed by atoms with van der Waals surface area (Å²) in [5, 5.41) is 0. The Balaban J connectivity index is 1.55. The SMILES string of the molecule is Cc1nccc(OC2CCN(C(=O)c3cccnc3)CC2)n1. The van der Waals surface area contributed by atoms with Gasteiger partial charge in [0.1, 0.15) is 11.9 Å². The van der Waals surface area contributed by atoms with E-state index in [4.69, 9.17) is 4.74 Å². The number of ether oxygens (including phenoxy) is 1.